The van der Waals surface area contributed by atoms with E-state index in [0.717, 1.165) is 11.3 Å². The highest BCUT2D eigenvalue weighted by Crippen LogP contribution is 2.36. The fourth-order valence-corrected chi connectivity index (χ4v) is 2.50. The van der Waals surface area contributed by atoms with E-state index < -0.39 is 5.97 Å². The molecule has 22 heavy (non-hydrogen) atoms. The largest absolute Gasteiger partial charge is 0.504 e. The lowest BCUT2D eigenvalue weighted by Crippen LogP contribution is -2.01. The van der Waals surface area contributed by atoms with Gasteiger partial charge in [0, 0.05) is 11.1 Å². The summed E-state index contributed by atoms with van der Waals surface area (Å²) >= 11 is 0. The molecule has 1 aliphatic carbocycles. The van der Waals surface area contributed by atoms with E-state index in [1.54, 1.807) is 18.2 Å². The van der Waals surface area contributed by atoms with Crippen molar-refractivity contribution in [1.29, 1.82) is 0 Å². The minimum atomic E-state index is -0.997. The first-order valence-electron chi connectivity index (χ1n) is 6.76. The Kier molecular flexibility index (Phi) is 3.42. The number of carboxylic acids is 1. The van der Waals surface area contributed by atoms with Gasteiger partial charge >= 0.3 is 5.97 Å². The highest BCUT2D eigenvalue weighted by atomic mass is 16.4. The number of aromatic hydroxyl groups is 2. The zero-order chi connectivity index (χ0) is 15.7. The number of carboxylic acid groups (broad SMARTS) is 1. The van der Waals surface area contributed by atoms with Crippen LogP contribution in [0.5, 0.6) is 11.5 Å². The van der Waals surface area contributed by atoms with Crippen LogP contribution in [0, 0.1) is 0 Å². The van der Waals surface area contributed by atoms with Gasteiger partial charge in [-0.25, -0.2) is 4.79 Å². The van der Waals surface area contributed by atoms with E-state index in [0.29, 0.717) is 24.1 Å². The lowest BCUT2D eigenvalue weighted by Gasteiger charge is -2.06. The lowest BCUT2D eigenvalue weighted by atomic mass is 10.1. The topological polar surface area (TPSA) is 102 Å². The van der Waals surface area contributed by atoms with Gasteiger partial charge in [0.1, 0.15) is 0 Å². The summed E-state index contributed by atoms with van der Waals surface area (Å²) in [7, 11) is 0. The molecule has 0 fully saturated rings. The molecule has 2 aromatic carbocycles. The van der Waals surface area contributed by atoms with Crippen molar-refractivity contribution in [2.45, 2.75) is 12.8 Å². The molecule has 6 heteroatoms. The van der Waals surface area contributed by atoms with Crippen molar-refractivity contribution in [3.63, 3.8) is 0 Å². The molecule has 0 atom stereocenters. The molecular formula is C16H14N2O4. The van der Waals surface area contributed by atoms with Gasteiger partial charge in [0.05, 0.1) is 17.0 Å². The Labute approximate surface area is 126 Å². The molecule has 112 valence electrons. The van der Waals surface area contributed by atoms with E-state index >= 15 is 0 Å². The Hall–Kier alpha value is -3.02. The number of phenolic OH excluding ortho intramolecular Hbond substituents is 2. The molecule has 0 bridgehead atoms. The van der Waals surface area contributed by atoms with Gasteiger partial charge in [-0.1, -0.05) is 6.07 Å². The van der Waals surface area contributed by atoms with Crippen molar-refractivity contribution in [3.8, 4) is 11.5 Å². The van der Waals surface area contributed by atoms with Gasteiger partial charge in [0.2, 0.25) is 0 Å². The van der Waals surface area contributed by atoms with E-state index in [1.807, 2.05) is 0 Å². The number of fused-ring (bicyclic) bond motifs is 1. The first-order valence-corrected chi connectivity index (χ1v) is 6.76. The van der Waals surface area contributed by atoms with Crippen molar-refractivity contribution < 1.29 is 20.1 Å². The molecule has 0 aliphatic heterocycles. The predicted molar refractivity (Wildman–Crippen MR) is 81.7 cm³/mol. The third-order valence-corrected chi connectivity index (χ3v) is 3.61. The molecule has 1 aliphatic rings. The number of rotatable bonds is 3. The summed E-state index contributed by atoms with van der Waals surface area (Å²) in [5.41, 5.74) is 5.82. The maximum Gasteiger partial charge on any atom is 0.335 e. The first kappa shape index (κ1) is 13.9. The second-order valence-corrected chi connectivity index (χ2v) is 5.02. The number of nitrogens with zero attached hydrogens (tertiary/aromatic N) is 1. The molecular weight excluding hydrogens is 284 g/mol. The number of nitrogens with one attached hydrogen (secondary N) is 1. The standard InChI is InChI=1S/C16H14N2O4/c19-14-7-5-11-12(15(14)20)4-6-13(11)18-17-10-3-1-2-9(8-10)16(21)22/h1-3,5,7-8,17,19-20H,4,6H2,(H,21,22)/b18-13+. The van der Waals surface area contributed by atoms with Crippen LogP contribution in [0.15, 0.2) is 41.5 Å². The Morgan fingerprint density at radius 2 is 1.95 bits per heavy atom. The molecule has 0 saturated heterocycles. The van der Waals surface area contributed by atoms with Crippen LogP contribution < -0.4 is 5.43 Å². The molecule has 0 radical (unpaired) electrons. The summed E-state index contributed by atoms with van der Waals surface area (Å²) in [6.07, 6.45) is 1.24. The number of benzene rings is 2. The third-order valence-electron chi connectivity index (χ3n) is 3.61. The summed E-state index contributed by atoms with van der Waals surface area (Å²) in [5, 5.41) is 32.6. The number of hydrazone groups is 1. The monoisotopic (exact) mass is 298 g/mol. The van der Waals surface area contributed by atoms with Crippen molar-refractivity contribution in [2.24, 2.45) is 5.10 Å². The molecule has 4 N–H and O–H groups in total. The smallest absolute Gasteiger partial charge is 0.335 e. The minimum Gasteiger partial charge on any atom is -0.504 e. The number of anilines is 1. The van der Waals surface area contributed by atoms with Crippen LogP contribution in [-0.2, 0) is 6.42 Å². The third kappa shape index (κ3) is 2.46. The average molecular weight is 298 g/mol. The lowest BCUT2D eigenvalue weighted by molar-refractivity contribution is 0.0697. The van der Waals surface area contributed by atoms with Crippen molar-refractivity contribution >= 4 is 17.4 Å². The van der Waals surface area contributed by atoms with E-state index in [1.165, 1.54) is 18.2 Å². The van der Waals surface area contributed by atoms with E-state index in [4.69, 9.17) is 5.11 Å². The van der Waals surface area contributed by atoms with Gasteiger partial charge in [-0.15, -0.1) is 0 Å². The van der Waals surface area contributed by atoms with E-state index in [-0.39, 0.29) is 17.1 Å². The van der Waals surface area contributed by atoms with E-state index in [9.17, 15) is 15.0 Å². The van der Waals surface area contributed by atoms with Crippen molar-refractivity contribution in [3.05, 3.63) is 53.1 Å². The zero-order valence-electron chi connectivity index (χ0n) is 11.6. The number of carbonyl (C=O) groups is 1. The first-order chi connectivity index (χ1) is 10.6. The van der Waals surface area contributed by atoms with Crippen LogP contribution in [0.2, 0.25) is 0 Å². The van der Waals surface area contributed by atoms with Crippen LogP contribution in [0.3, 0.4) is 0 Å². The van der Waals surface area contributed by atoms with Gasteiger partial charge in [-0.3, -0.25) is 5.43 Å². The Balaban J connectivity index is 1.86. The molecule has 2 aromatic rings. The average Bonchev–Trinajstić information content (AvgIpc) is 2.93. The van der Waals surface area contributed by atoms with Crippen molar-refractivity contribution in [1.82, 2.24) is 0 Å². The van der Waals surface area contributed by atoms with Gasteiger partial charge in [-0.2, -0.15) is 5.10 Å². The van der Waals surface area contributed by atoms with Gasteiger partial charge < -0.3 is 15.3 Å². The molecule has 0 spiro atoms. The quantitative estimate of drug-likeness (QED) is 0.515. The molecule has 6 nitrogen and oxygen atoms in total. The fourth-order valence-electron chi connectivity index (χ4n) is 2.50. The van der Waals surface area contributed by atoms with Gasteiger partial charge in [0.15, 0.2) is 11.5 Å². The molecule has 0 amide bonds. The number of phenols is 2. The van der Waals surface area contributed by atoms with Crippen LogP contribution in [0.4, 0.5) is 5.69 Å². The number of hydrogen-bond donors (Lipinski definition) is 4. The Morgan fingerprint density at radius 1 is 1.14 bits per heavy atom. The SMILES string of the molecule is O=C(O)c1cccc(N/N=C2\CCc3c2ccc(O)c3O)c1. The molecule has 0 unspecified atom stereocenters. The second kappa shape index (κ2) is 5.40. The molecule has 0 aromatic heterocycles. The van der Waals surface area contributed by atoms with Crippen LogP contribution in [-0.4, -0.2) is 27.0 Å². The summed E-state index contributed by atoms with van der Waals surface area (Å²) in [6, 6.07) is 9.51. The number of aromatic carboxylic acids is 1. The predicted octanol–water partition coefficient (Wildman–Crippen LogP) is 2.56. The van der Waals surface area contributed by atoms with Gasteiger partial charge in [-0.05, 0) is 43.2 Å². The van der Waals surface area contributed by atoms with Crippen LogP contribution >= 0.6 is 0 Å². The highest BCUT2D eigenvalue weighted by Gasteiger charge is 2.22. The van der Waals surface area contributed by atoms with E-state index in [2.05, 4.69) is 10.5 Å². The number of hydrogen-bond acceptors (Lipinski definition) is 5. The van der Waals surface area contributed by atoms with Gasteiger partial charge in [0.25, 0.3) is 0 Å². The zero-order valence-corrected chi connectivity index (χ0v) is 11.6. The van der Waals surface area contributed by atoms with Crippen molar-refractivity contribution in [2.75, 3.05) is 5.43 Å². The van der Waals surface area contributed by atoms with Crippen LogP contribution in [0.1, 0.15) is 27.9 Å². The summed E-state index contributed by atoms with van der Waals surface area (Å²) in [4.78, 5) is 10.9. The maximum absolute atomic E-state index is 10.9. The molecule has 0 heterocycles. The molecule has 3 rings (SSSR count). The summed E-state index contributed by atoms with van der Waals surface area (Å²) < 4.78 is 0. The minimum absolute atomic E-state index is 0.101. The molecule has 0 saturated carbocycles. The van der Waals surface area contributed by atoms with Crippen LogP contribution in [0.25, 0.3) is 0 Å². The fraction of sp³-hybridized carbons (Fsp3) is 0.125. The summed E-state index contributed by atoms with van der Waals surface area (Å²) in [5.74, 6) is -1.24. The second-order valence-electron chi connectivity index (χ2n) is 5.02. The maximum atomic E-state index is 10.9. The Bertz CT molecular complexity index is 784. The summed E-state index contributed by atoms with van der Waals surface area (Å²) in [6.45, 7) is 0. The normalized spacial score (nSPS) is 14.8. The highest BCUT2D eigenvalue weighted by molar-refractivity contribution is 6.05. The Morgan fingerprint density at radius 3 is 2.73 bits per heavy atom.